The minimum absolute atomic E-state index is 0.0391. The van der Waals surface area contributed by atoms with E-state index < -0.39 is 0 Å². The normalized spacial score (nSPS) is 16.0. The van der Waals surface area contributed by atoms with E-state index in [0.717, 1.165) is 33.4 Å². The van der Waals surface area contributed by atoms with Gasteiger partial charge in [0, 0.05) is 20.9 Å². The van der Waals surface area contributed by atoms with Gasteiger partial charge in [0.15, 0.2) is 11.6 Å². The van der Waals surface area contributed by atoms with Gasteiger partial charge in [-0.25, -0.2) is 0 Å². The van der Waals surface area contributed by atoms with E-state index in [1.54, 1.807) is 11.3 Å². The topological polar surface area (TPSA) is 34.1 Å². The fraction of sp³-hybridized carbons (Fsp3) is 0.250. The minimum Gasteiger partial charge on any atom is -0.289 e. The molecule has 3 heteroatoms. The third-order valence-electron chi connectivity index (χ3n) is 7.89. The molecule has 5 rings (SSSR count). The van der Waals surface area contributed by atoms with Gasteiger partial charge in [0.2, 0.25) is 0 Å². The van der Waals surface area contributed by atoms with Crippen molar-refractivity contribution in [2.45, 2.75) is 55.4 Å². The van der Waals surface area contributed by atoms with Crippen molar-refractivity contribution in [1.29, 1.82) is 0 Å². The highest BCUT2D eigenvalue weighted by molar-refractivity contribution is 7.14. The van der Waals surface area contributed by atoms with Crippen LogP contribution in [0.15, 0.2) is 119 Å². The lowest BCUT2D eigenvalue weighted by molar-refractivity contribution is -0.112. The summed E-state index contributed by atoms with van der Waals surface area (Å²) in [6, 6.07) is 24.4. The van der Waals surface area contributed by atoms with E-state index in [4.69, 9.17) is 0 Å². The van der Waals surface area contributed by atoms with E-state index >= 15 is 0 Å². The number of rotatable bonds is 4. The Labute approximate surface area is 260 Å². The number of thiophene rings is 1. The highest BCUT2D eigenvalue weighted by atomic mass is 32.1. The molecule has 1 aromatic heterocycles. The van der Waals surface area contributed by atoms with Crippen LogP contribution in [0.2, 0.25) is 0 Å². The molecule has 218 valence electrons. The summed E-state index contributed by atoms with van der Waals surface area (Å²) in [5.74, 6) is 0.148. The van der Waals surface area contributed by atoms with Gasteiger partial charge in [-0.15, -0.1) is 11.3 Å². The molecule has 1 heterocycles. The number of carbonyl (C=O) groups is 2. The molecular weight excluding hydrogens is 545 g/mol. The summed E-state index contributed by atoms with van der Waals surface area (Å²) in [4.78, 5) is 28.8. The van der Waals surface area contributed by atoms with Gasteiger partial charge in [-0.3, -0.25) is 9.59 Å². The lowest BCUT2D eigenvalue weighted by Crippen LogP contribution is -2.14. The van der Waals surface area contributed by atoms with Crippen molar-refractivity contribution in [2.75, 3.05) is 0 Å². The zero-order valence-corrected chi connectivity index (χ0v) is 27.3. The average Bonchev–Trinajstić information content (AvgIpc) is 3.40. The zero-order valence-electron chi connectivity index (χ0n) is 26.5. The van der Waals surface area contributed by atoms with E-state index in [1.165, 1.54) is 20.9 Å². The predicted molar refractivity (Wildman–Crippen MR) is 183 cm³/mol. The molecule has 2 nitrogen and oxygen atoms in total. The third-order valence-corrected chi connectivity index (χ3v) is 9.02. The standard InChI is InChI=1S/C40H40O2S/c1-25-21-29(22-26(2)37(25)41)35(39(3,4)5)33-19-20-34(43-33)36(40(6,7)8)30-23-31(27-15-11-9-12-16-27)38(42)32(24-30)28-17-13-10-14-18-28/h9-24H,1-8H3. The van der Waals surface area contributed by atoms with Crippen LogP contribution in [0.3, 0.4) is 0 Å². The molecule has 0 saturated carbocycles. The number of hydrogen-bond acceptors (Lipinski definition) is 3. The van der Waals surface area contributed by atoms with Crippen molar-refractivity contribution in [3.63, 3.8) is 0 Å². The van der Waals surface area contributed by atoms with Crippen molar-refractivity contribution >= 4 is 45.2 Å². The molecule has 2 aliphatic rings. The Bertz CT molecular complexity index is 1700. The first-order chi connectivity index (χ1) is 20.3. The summed E-state index contributed by atoms with van der Waals surface area (Å²) in [5, 5.41) is 0. The Morgan fingerprint density at radius 3 is 1.26 bits per heavy atom. The summed E-state index contributed by atoms with van der Waals surface area (Å²) >= 11 is 1.79. The van der Waals surface area contributed by atoms with Crippen molar-refractivity contribution in [3.8, 4) is 0 Å². The van der Waals surface area contributed by atoms with Crippen LogP contribution in [0.5, 0.6) is 0 Å². The summed E-state index contributed by atoms with van der Waals surface area (Å²) in [6.45, 7) is 17.2. The van der Waals surface area contributed by atoms with Gasteiger partial charge in [0.25, 0.3) is 0 Å². The summed E-state index contributed by atoms with van der Waals surface area (Å²) in [6.07, 6.45) is 8.24. The number of carbonyl (C=O) groups excluding carboxylic acids is 2. The van der Waals surface area contributed by atoms with E-state index in [1.807, 2.05) is 86.7 Å². The second kappa shape index (κ2) is 11.5. The highest BCUT2D eigenvalue weighted by Gasteiger charge is 2.31. The molecular formula is C40H40O2S. The molecule has 0 N–H and O–H groups in total. The zero-order chi connectivity index (χ0) is 31.1. The first-order valence-electron chi connectivity index (χ1n) is 14.9. The average molecular weight is 585 g/mol. The van der Waals surface area contributed by atoms with Gasteiger partial charge >= 0.3 is 0 Å². The van der Waals surface area contributed by atoms with Crippen LogP contribution in [-0.2, 0) is 9.59 Å². The molecule has 0 bridgehead atoms. The molecule has 2 aromatic carbocycles. The Hall–Kier alpha value is -4.08. The molecule has 0 radical (unpaired) electrons. The molecule has 3 aromatic rings. The summed E-state index contributed by atoms with van der Waals surface area (Å²) in [5.41, 5.74) is 9.05. The number of benzene rings is 2. The van der Waals surface area contributed by atoms with Crippen molar-refractivity contribution < 1.29 is 9.59 Å². The molecule has 0 aliphatic heterocycles. The monoisotopic (exact) mass is 584 g/mol. The van der Waals surface area contributed by atoms with Crippen LogP contribution < -0.4 is 0 Å². The van der Waals surface area contributed by atoms with E-state index in [0.29, 0.717) is 11.1 Å². The molecule has 0 saturated heterocycles. The lowest BCUT2D eigenvalue weighted by atomic mass is 9.78. The molecule has 0 amide bonds. The fourth-order valence-electron chi connectivity index (χ4n) is 6.03. The largest absolute Gasteiger partial charge is 0.289 e. The summed E-state index contributed by atoms with van der Waals surface area (Å²) in [7, 11) is 0. The van der Waals surface area contributed by atoms with Crippen molar-refractivity contribution in [3.05, 3.63) is 140 Å². The molecule has 43 heavy (non-hydrogen) atoms. The van der Waals surface area contributed by atoms with Crippen molar-refractivity contribution in [1.82, 2.24) is 0 Å². The maximum absolute atomic E-state index is 13.9. The van der Waals surface area contributed by atoms with Crippen LogP contribution >= 0.6 is 11.3 Å². The van der Waals surface area contributed by atoms with E-state index in [-0.39, 0.29) is 22.4 Å². The number of hydrogen-bond donors (Lipinski definition) is 0. The third kappa shape index (κ3) is 6.19. The first kappa shape index (κ1) is 30.4. The number of allylic oxidation sites excluding steroid dienone is 12. The Kier molecular flexibility index (Phi) is 8.15. The first-order valence-corrected chi connectivity index (χ1v) is 15.7. The second-order valence-electron chi connectivity index (χ2n) is 13.5. The van der Waals surface area contributed by atoms with E-state index in [2.05, 4.69) is 65.8 Å². The van der Waals surface area contributed by atoms with Crippen LogP contribution in [0.1, 0.15) is 76.3 Å². The molecule has 0 atom stereocenters. The second-order valence-corrected chi connectivity index (χ2v) is 14.6. The Morgan fingerprint density at radius 2 is 0.884 bits per heavy atom. The smallest absolute Gasteiger partial charge is 0.194 e. The number of Topliss-reactive ketones (excluding diaryl/α,β-unsaturated/α-hetero) is 2. The molecule has 2 aliphatic carbocycles. The maximum Gasteiger partial charge on any atom is 0.194 e. The lowest BCUT2D eigenvalue weighted by Gasteiger charge is -2.28. The highest BCUT2D eigenvalue weighted by Crippen LogP contribution is 2.47. The molecule has 0 spiro atoms. The quantitative estimate of drug-likeness (QED) is 0.306. The van der Waals surface area contributed by atoms with Gasteiger partial charge in [-0.05, 0) is 106 Å². The van der Waals surface area contributed by atoms with Gasteiger partial charge in [-0.1, -0.05) is 102 Å². The Balaban J connectivity index is 1.76. The van der Waals surface area contributed by atoms with Gasteiger partial charge in [0.05, 0.1) is 0 Å². The van der Waals surface area contributed by atoms with Crippen molar-refractivity contribution in [2.24, 2.45) is 10.8 Å². The molecule has 0 unspecified atom stereocenters. The fourth-order valence-corrected chi connectivity index (χ4v) is 7.59. The van der Waals surface area contributed by atoms with Crippen LogP contribution in [0, 0.1) is 10.8 Å². The Morgan fingerprint density at radius 1 is 0.512 bits per heavy atom. The van der Waals surface area contributed by atoms with Gasteiger partial charge in [0.1, 0.15) is 0 Å². The summed E-state index contributed by atoms with van der Waals surface area (Å²) < 4.78 is 0. The molecule has 0 fully saturated rings. The van der Waals surface area contributed by atoms with Gasteiger partial charge < -0.3 is 0 Å². The minimum atomic E-state index is -0.201. The van der Waals surface area contributed by atoms with E-state index in [9.17, 15) is 9.59 Å². The van der Waals surface area contributed by atoms with Crippen LogP contribution in [0.25, 0.3) is 22.3 Å². The predicted octanol–water partition coefficient (Wildman–Crippen LogP) is 10.6. The SMILES string of the molecule is CC1=CC(=C(c2ccc(C(=C3C=C(c4ccccc4)C(=O)C(c4ccccc4)=C3)C(C)(C)C)s2)C(C)(C)C)C=C(C)C1=O. The maximum atomic E-state index is 13.9. The van der Waals surface area contributed by atoms with Crippen LogP contribution in [0.4, 0.5) is 0 Å². The van der Waals surface area contributed by atoms with Gasteiger partial charge in [-0.2, -0.15) is 0 Å². The van der Waals surface area contributed by atoms with Crippen LogP contribution in [-0.4, -0.2) is 11.6 Å². The number of ketones is 2.